The molecule has 0 bridgehead atoms. The first-order valence-corrected chi connectivity index (χ1v) is 4.84. The summed E-state index contributed by atoms with van der Waals surface area (Å²) in [4.78, 5) is 1.29. The molecule has 0 fully saturated rings. The van der Waals surface area contributed by atoms with E-state index in [9.17, 15) is 0 Å². The molecule has 68 valence electrons. The number of hydrogen-bond donors (Lipinski definition) is 1. The standard InChI is InChI=1S/C8H10N4S/c1-12-6-10-11-8(12)9-5-7-3-2-4-13-7/h2-4,6H,5H2,1H3,(H,9,11). The highest BCUT2D eigenvalue weighted by molar-refractivity contribution is 7.09. The molecule has 0 saturated carbocycles. The number of anilines is 1. The Bertz CT molecular complexity index is 365. The highest BCUT2D eigenvalue weighted by Gasteiger charge is 1.99. The van der Waals surface area contributed by atoms with E-state index < -0.39 is 0 Å². The molecule has 13 heavy (non-hydrogen) atoms. The second-order valence-corrected chi connectivity index (χ2v) is 3.73. The van der Waals surface area contributed by atoms with Crippen LogP contribution in [0.15, 0.2) is 23.8 Å². The van der Waals surface area contributed by atoms with E-state index in [1.807, 2.05) is 17.7 Å². The first-order chi connectivity index (χ1) is 6.36. The summed E-state index contributed by atoms with van der Waals surface area (Å²) in [5.41, 5.74) is 0. The molecule has 2 rings (SSSR count). The quantitative estimate of drug-likeness (QED) is 0.805. The van der Waals surface area contributed by atoms with E-state index in [-0.39, 0.29) is 0 Å². The van der Waals surface area contributed by atoms with Crippen molar-refractivity contribution in [2.24, 2.45) is 7.05 Å². The number of aryl methyl sites for hydroxylation is 1. The van der Waals surface area contributed by atoms with E-state index in [1.165, 1.54) is 4.88 Å². The Morgan fingerprint density at radius 2 is 2.54 bits per heavy atom. The van der Waals surface area contributed by atoms with Crippen LogP contribution in [0.25, 0.3) is 0 Å². The van der Waals surface area contributed by atoms with Crippen molar-refractivity contribution in [2.75, 3.05) is 5.32 Å². The van der Waals surface area contributed by atoms with Crippen LogP contribution in [0.2, 0.25) is 0 Å². The summed E-state index contributed by atoms with van der Waals surface area (Å²) in [6.45, 7) is 0.810. The molecule has 0 amide bonds. The zero-order chi connectivity index (χ0) is 9.10. The number of hydrogen-bond acceptors (Lipinski definition) is 4. The predicted molar refractivity (Wildman–Crippen MR) is 52.6 cm³/mol. The lowest BCUT2D eigenvalue weighted by Gasteiger charge is -2.01. The highest BCUT2D eigenvalue weighted by Crippen LogP contribution is 2.10. The van der Waals surface area contributed by atoms with Gasteiger partial charge in [-0.3, -0.25) is 0 Å². The molecule has 4 nitrogen and oxygen atoms in total. The Morgan fingerprint density at radius 1 is 1.62 bits per heavy atom. The third-order valence-corrected chi connectivity index (χ3v) is 2.59. The van der Waals surface area contributed by atoms with Gasteiger partial charge < -0.3 is 9.88 Å². The van der Waals surface area contributed by atoms with E-state index in [2.05, 4.69) is 27.0 Å². The van der Waals surface area contributed by atoms with Crippen molar-refractivity contribution in [1.82, 2.24) is 14.8 Å². The molecule has 0 aliphatic rings. The van der Waals surface area contributed by atoms with Crippen molar-refractivity contribution in [1.29, 1.82) is 0 Å². The minimum atomic E-state index is 0.799. The number of nitrogens with one attached hydrogen (secondary N) is 1. The van der Waals surface area contributed by atoms with Gasteiger partial charge in [-0.25, -0.2) is 0 Å². The van der Waals surface area contributed by atoms with Gasteiger partial charge in [-0.15, -0.1) is 21.5 Å². The fourth-order valence-corrected chi connectivity index (χ4v) is 1.67. The molecular formula is C8H10N4S. The van der Waals surface area contributed by atoms with Crippen molar-refractivity contribution < 1.29 is 0 Å². The number of thiophene rings is 1. The smallest absolute Gasteiger partial charge is 0.224 e. The summed E-state index contributed by atoms with van der Waals surface area (Å²) in [5.74, 6) is 0.799. The Kier molecular flexibility index (Phi) is 2.27. The predicted octanol–water partition coefficient (Wildman–Crippen LogP) is 1.49. The van der Waals surface area contributed by atoms with Gasteiger partial charge in [-0.2, -0.15) is 0 Å². The van der Waals surface area contributed by atoms with E-state index in [1.54, 1.807) is 17.7 Å². The van der Waals surface area contributed by atoms with Gasteiger partial charge in [0.1, 0.15) is 6.33 Å². The molecule has 2 heterocycles. The Hall–Kier alpha value is -1.36. The van der Waals surface area contributed by atoms with Gasteiger partial charge in [0.2, 0.25) is 5.95 Å². The zero-order valence-corrected chi connectivity index (χ0v) is 8.08. The van der Waals surface area contributed by atoms with Crippen molar-refractivity contribution >= 4 is 17.3 Å². The van der Waals surface area contributed by atoms with Crippen LogP contribution in [0.3, 0.4) is 0 Å². The summed E-state index contributed by atoms with van der Waals surface area (Å²) in [5, 5.41) is 13.0. The largest absolute Gasteiger partial charge is 0.349 e. The summed E-state index contributed by atoms with van der Waals surface area (Å²) in [6.07, 6.45) is 1.68. The fourth-order valence-electron chi connectivity index (χ4n) is 1.02. The molecular weight excluding hydrogens is 184 g/mol. The van der Waals surface area contributed by atoms with Crippen LogP contribution in [0.5, 0.6) is 0 Å². The van der Waals surface area contributed by atoms with Gasteiger partial charge in [-0.1, -0.05) is 6.07 Å². The normalized spacial score (nSPS) is 10.2. The summed E-state index contributed by atoms with van der Waals surface area (Å²) < 4.78 is 1.85. The average Bonchev–Trinajstić information content (AvgIpc) is 2.72. The van der Waals surface area contributed by atoms with Crippen LogP contribution in [-0.4, -0.2) is 14.8 Å². The summed E-state index contributed by atoms with van der Waals surface area (Å²) in [7, 11) is 1.91. The maximum Gasteiger partial charge on any atom is 0.224 e. The number of aromatic nitrogens is 3. The average molecular weight is 194 g/mol. The van der Waals surface area contributed by atoms with Crippen LogP contribution in [0.1, 0.15) is 4.88 Å². The first kappa shape index (κ1) is 8.25. The maximum atomic E-state index is 3.92. The number of nitrogens with zero attached hydrogens (tertiary/aromatic N) is 3. The van der Waals surface area contributed by atoms with Crippen molar-refractivity contribution in [2.45, 2.75) is 6.54 Å². The van der Waals surface area contributed by atoms with Gasteiger partial charge in [0.25, 0.3) is 0 Å². The molecule has 1 N–H and O–H groups in total. The second kappa shape index (κ2) is 3.57. The Morgan fingerprint density at radius 3 is 3.15 bits per heavy atom. The summed E-state index contributed by atoms with van der Waals surface area (Å²) in [6, 6.07) is 4.13. The fraction of sp³-hybridized carbons (Fsp3) is 0.250. The lowest BCUT2D eigenvalue weighted by molar-refractivity contribution is 0.901. The lowest BCUT2D eigenvalue weighted by atomic mass is 10.5. The maximum absolute atomic E-state index is 3.92. The van der Waals surface area contributed by atoms with Gasteiger partial charge in [0.15, 0.2) is 0 Å². The van der Waals surface area contributed by atoms with Gasteiger partial charge in [0.05, 0.1) is 6.54 Å². The molecule has 0 aliphatic carbocycles. The minimum absolute atomic E-state index is 0.799. The van der Waals surface area contributed by atoms with E-state index >= 15 is 0 Å². The lowest BCUT2D eigenvalue weighted by Crippen LogP contribution is -2.03. The Labute approximate surface area is 80.2 Å². The first-order valence-electron chi connectivity index (χ1n) is 3.96. The molecule has 0 unspecified atom stereocenters. The minimum Gasteiger partial charge on any atom is -0.349 e. The van der Waals surface area contributed by atoms with Crippen molar-refractivity contribution in [3.8, 4) is 0 Å². The molecule has 0 aliphatic heterocycles. The highest BCUT2D eigenvalue weighted by atomic mass is 32.1. The van der Waals surface area contributed by atoms with Crippen LogP contribution in [0, 0.1) is 0 Å². The van der Waals surface area contributed by atoms with E-state index in [4.69, 9.17) is 0 Å². The zero-order valence-electron chi connectivity index (χ0n) is 7.27. The van der Waals surface area contributed by atoms with Crippen LogP contribution in [-0.2, 0) is 13.6 Å². The molecule has 2 aromatic heterocycles. The van der Waals surface area contributed by atoms with Crippen molar-refractivity contribution in [3.63, 3.8) is 0 Å². The molecule has 0 atom stereocenters. The van der Waals surface area contributed by atoms with Gasteiger partial charge in [-0.05, 0) is 11.4 Å². The SMILES string of the molecule is Cn1cnnc1NCc1cccs1. The third kappa shape index (κ3) is 1.86. The van der Waals surface area contributed by atoms with Crippen LogP contribution < -0.4 is 5.32 Å². The second-order valence-electron chi connectivity index (χ2n) is 2.70. The summed E-state index contributed by atoms with van der Waals surface area (Å²) >= 11 is 1.73. The molecule has 0 saturated heterocycles. The molecule has 0 aromatic carbocycles. The van der Waals surface area contributed by atoms with Crippen molar-refractivity contribution in [3.05, 3.63) is 28.7 Å². The Balaban J connectivity index is 1.97. The van der Waals surface area contributed by atoms with Crippen LogP contribution in [0.4, 0.5) is 5.95 Å². The monoisotopic (exact) mass is 194 g/mol. The molecule has 0 radical (unpaired) electrons. The number of rotatable bonds is 3. The van der Waals surface area contributed by atoms with Crippen LogP contribution >= 0.6 is 11.3 Å². The van der Waals surface area contributed by atoms with E-state index in [0.29, 0.717) is 0 Å². The molecule has 0 spiro atoms. The molecule has 5 heteroatoms. The molecule has 2 aromatic rings. The van der Waals surface area contributed by atoms with E-state index in [0.717, 1.165) is 12.5 Å². The van der Waals surface area contributed by atoms with Gasteiger partial charge in [0, 0.05) is 11.9 Å². The topological polar surface area (TPSA) is 42.7 Å². The third-order valence-electron chi connectivity index (χ3n) is 1.71. The van der Waals surface area contributed by atoms with Gasteiger partial charge >= 0.3 is 0 Å².